The van der Waals surface area contributed by atoms with Crippen molar-refractivity contribution in [3.63, 3.8) is 0 Å². The predicted octanol–water partition coefficient (Wildman–Crippen LogP) is 4.94. The third kappa shape index (κ3) is 5.20. The van der Waals surface area contributed by atoms with Gasteiger partial charge in [0.15, 0.2) is 0 Å². The van der Waals surface area contributed by atoms with Gasteiger partial charge in [-0.2, -0.15) is 5.26 Å². The summed E-state index contributed by atoms with van der Waals surface area (Å²) in [7, 11) is 3.76. The molecule has 1 aliphatic heterocycles. The number of rotatable bonds is 6. The van der Waals surface area contributed by atoms with Crippen molar-refractivity contribution in [1.29, 1.82) is 5.26 Å². The van der Waals surface area contributed by atoms with Gasteiger partial charge >= 0.3 is 5.97 Å². The van der Waals surface area contributed by atoms with Crippen molar-refractivity contribution in [2.24, 2.45) is 0 Å². The van der Waals surface area contributed by atoms with E-state index in [1.165, 1.54) is 0 Å². The molecule has 3 radical (unpaired) electrons. The van der Waals surface area contributed by atoms with Gasteiger partial charge in [0.1, 0.15) is 12.1 Å². The first kappa shape index (κ1) is 23.7. The minimum atomic E-state index is -0.735. The van der Waals surface area contributed by atoms with Gasteiger partial charge in [0.2, 0.25) is 0 Å². The minimum Gasteiger partial charge on any atom is -0.480 e. The summed E-state index contributed by atoms with van der Waals surface area (Å²) in [6, 6.07) is 22.0. The molecule has 1 heterocycles. The summed E-state index contributed by atoms with van der Waals surface area (Å²) < 4.78 is 0. The second-order valence-corrected chi connectivity index (χ2v) is 9.31. The van der Waals surface area contributed by atoms with Crippen LogP contribution in [0.15, 0.2) is 60.7 Å². The summed E-state index contributed by atoms with van der Waals surface area (Å²) in [5.74, 6) is -0.735. The molecule has 0 aliphatic carbocycles. The maximum atomic E-state index is 11.7. The van der Waals surface area contributed by atoms with Crippen molar-refractivity contribution in [3.8, 4) is 17.2 Å². The van der Waals surface area contributed by atoms with Crippen LogP contribution in [0.2, 0.25) is 0 Å². The fraction of sp³-hybridized carbons (Fsp3) is 0.241. The van der Waals surface area contributed by atoms with Crippen LogP contribution >= 0.6 is 0 Å². The van der Waals surface area contributed by atoms with Crippen molar-refractivity contribution >= 4 is 33.6 Å². The fourth-order valence-corrected chi connectivity index (χ4v) is 4.96. The largest absolute Gasteiger partial charge is 0.480 e. The maximum Gasteiger partial charge on any atom is 0.320 e. The standard InChI is InChI=1S/C29H27N2O2Si/c1-20-16-23(28(34)17-24(20)19-31-15-6-5-12-27(31)29(32)33)14-13-22-10-7-11-25(26(22)18-30)21-8-3-2-4-9-21/h2-4,7-11,13-14,16-17,27H,5-6,12,15,19H2,1H3,(H,32,33)/b14-13+. The number of nitriles is 1. The highest BCUT2D eigenvalue weighted by Crippen LogP contribution is 2.27. The Morgan fingerprint density at radius 3 is 2.62 bits per heavy atom. The highest BCUT2D eigenvalue weighted by atomic mass is 28.1. The summed E-state index contributed by atoms with van der Waals surface area (Å²) in [5, 5.41) is 20.4. The van der Waals surface area contributed by atoms with Gasteiger partial charge in [-0.15, -0.1) is 0 Å². The molecule has 1 unspecified atom stereocenters. The number of carboxylic acid groups (broad SMARTS) is 1. The van der Waals surface area contributed by atoms with Crippen molar-refractivity contribution < 1.29 is 9.90 Å². The van der Waals surface area contributed by atoms with Gasteiger partial charge in [0.25, 0.3) is 0 Å². The van der Waals surface area contributed by atoms with Crippen LogP contribution in [0.25, 0.3) is 23.3 Å². The van der Waals surface area contributed by atoms with E-state index >= 15 is 0 Å². The average molecular weight is 464 g/mol. The summed E-state index contributed by atoms with van der Waals surface area (Å²) in [4.78, 5) is 13.7. The molecule has 34 heavy (non-hydrogen) atoms. The molecule has 0 bridgehead atoms. The van der Waals surface area contributed by atoms with E-state index in [9.17, 15) is 15.2 Å². The zero-order valence-corrected chi connectivity index (χ0v) is 20.3. The van der Waals surface area contributed by atoms with Crippen LogP contribution in [0.3, 0.4) is 0 Å². The number of hydrogen-bond donors (Lipinski definition) is 1. The number of hydrogen-bond acceptors (Lipinski definition) is 3. The van der Waals surface area contributed by atoms with Gasteiger partial charge in [-0.05, 0) is 54.1 Å². The second-order valence-electron chi connectivity index (χ2n) is 8.77. The molecule has 1 fully saturated rings. The average Bonchev–Trinajstić information content (AvgIpc) is 2.85. The summed E-state index contributed by atoms with van der Waals surface area (Å²) in [6.45, 7) is 3.50. The third-order valence-corrected chi connectivity index (χ3v) is 6.95. The summed E-state index contributed by atoms with van der Waals surface area (Å²) >= 11 is 0. The molecule has 0 aromatic heterocycles. The lowest BCUT2D eigenvalue weighted by atomic mass is 9.95. The van der Waals surface area contributed by atoms with Crippen molar-refractivity contribution in [2.45, 2.75) is 38.8 Å². The Hall–Kier alpha value is -3.46. The topological polar surface area (TPSA) is 64.3 Å². The van der Waals surface area contributed by atoms with E-state index in [-0.39, 0.29) is 0 Å². The monoisotopic (exact) mass is 463 g/mol. The van der Waals surface area contributed by atoms with Gasteiger partial charge < -0.3 is 5.11 Å². The lowest BCUT2D eigenvalue weighted by Gasteiger charge is -2.33. The Balaban J connectivity index is 1.60. The van der Waals surface area contributed by atoms with Crippen LogP contribution in [0.5, 0.6) is 0 Å². The fourth-order valence-electron chi connectivity index (χ4n) is 4.63. The van der Waals surface area contributed by atoms with Crippen LogP contribution < -0.4 is 5.19 Å². The van der Waals surface area contributed by atoms with Crippen molar-refractivity contribution in [2.75, 3.05) is 6.54 Å². The third-order valence-electron chi connectivity index (χ3n) is 6.52. The first-order valence-electron chi connectivity index (χ1n) is 11.6. The molecular formula is C29H27N2O2Si. The lowest BCUT2D eigenvalue weighted by molar-refractivity contribution is -0.144. The molecule has 1 N–H and O–H groups in total. The number of aliphatic carboxylic acids is 1. The van der Waals surface area contributed by atoms with Crippen molar-refractivity contribution in [3.05, 3.63) is 88.5 Å². The number of benzene rings is 3. The van der Waals surface area contributed by atoms with Crippen LogP contribution in [-0.4, -0.2) is 38.8 Å². The highest BCUT2D eigenvalue weighted by molar-refractivity contribution is 6.34. The predicted molar refractivity (Wildman–Crippen MR) is 138 cm³/mol. The Labute approximate surface area is 204 Å². The highest BCUT2D eigenvalue weighted by Gasteiger charge is 2.28. The molecule has 5 heteroatoms. The van der Waals surface area contributed by atoms with Gasteiger partial charge in [-0.3, -0.25) is 9.69 Å². The Morgan fingerprint density at radius 2 is 1.88 bits per heavy atom. The zero-order chi connectivity index (χ0) is 24.1. The van der Waals surface area contributed by atoms with Gasteiger partial charge in [-0.1, -0.05) is 84.4 Å². The Kier molecular flexibility index (Phi) is 7.42. The molecule has 1 saturated heterocycles. The lowest BCUT2D eigenvalue weighted by Crippen LogP contribution is -2.44. The molecule has 0 saturated carbocycles. The summed E-state index contributed by atoms with van der Waals surface area (Å²) in [5.41, 5.74) is 6.72. The molecule has 0 spiro atoms. The van der Waals surface area contributed by atoms with E-state index in [1.54, 1.807) is 0 Å². The second kappa shape index (κ2) is 10.6. The molecule has 1 atom stereocenters. The number of carbonyl (C=O) groups is 1. The SMILES string of the molecule is Cc1cc(/C=C/c2cccc(-c3ccccc3)c2C#N)c([Si])cc1CN1CCCCC1C(=O)O. The van der Waals surface area contributed by atoms with E-state index in [0.717, 1.165) is 58.0 Å². The first-order valence-corrected chi connectivity index (χ1v) is 12.1. The number of carboxylic acids is 1. The molecule has 4 rings (SSSR count). The molecule has 0 amide bonds. The van der Waals surface area contributed by atoms with E-state index in [2.05, 4.69) is 40.3 Å². The number of aryl methyl sites for hydroxylation is 1. The molecule has 1 aliphatic rings. The van der Waals surface area contributed by atoms with E-state index in [0.29, 0.717) is 18.5 Å². The van der Waals surface area contributed by atoms with Gasteiger partial charge in [0, 0.05) is 12.1 Å². The van der Waals surface area contributed by atoms with Crippen LogP contribution in [0.1, 0.15) is 47.1 Å². The van der Waals surface area contributed by atoms with Crippen LogP contribution in [-0.2, 0) is 11.3 Å². The van der Waals surface area contributed by atoms with Gasteiger partial charge in [0.05, 0.1) is 15.8 Å². The first-order chi connectivity index (χ1) is 16.5. The van der Waals surface area contributed by atoms with Gasteiger partial charge in [-0.25, -0.2) is 0 Å². The van der Waals surface area contributed by atoms with E-state index in [4.69, 9.17) is 0 Å². The van der Waals surface area contributed by atoms with Crippen molar-refractivity contribution in [1.82, 2.24) is 4.90 Å². The van der Waals surface area contributed by atoms with Crippen LogP contribution in [0.4, 0.5) is 0 Å². The molecule has 169 valence electrons. The molecular weight excluding hydrogens is 436 g/mol. The Bertz CT molecular complexity index is 1260. The van der Waals surface area contributed by atoms with Crippen LogP contribution in [0, 0.1) is 18.3 Å². The minimum absolute atomic E-state index is 0.410. The molecule has 3 aromatic rings. The summed E-state index contributed by atoms with van der Waals surface area (Å²) in [6.07, 6.45) is 6.71. The van der Waals surface area contributed by atoms with E-state index < -0.39 is 12.0 Å². The Morgan fingerprint density at radius 1 is 1.12 bits per heavy atom. The smallest absolute Gasteiger partial charge is 0.320 e. The number of piperidine rings is 1. The number of nitrogens with zero attached hydrogens (tertiary/aromatic N) is 2. The quantitative estimate of drug-likeness (QED) is 0.416. The normalized spacial score (nSPS) is 16.4. The van der Waals surface area contributed by atoms with E-state index in [1.807, 2.05) is 60.7 Å². The number of likely N-dealkylation sites (tertiary alicyclic amines) is 1. The molecule has 4 nitrogen and oxygen atoms in total. The zero-order valence-electron chi connectivity index (χ0n) is 19.3. The molecule has 3 aromatic carbocycles. The maximum absolute atomic E-state index is 11.7.